The Bertz CT molecular complexity index is 249. The van der Waals surface area contributed by atoms with E-state index in [-0.39, 0.29) is 6.54 Å². The van der Waals surface area contributed by atoms with Crippen LogP contribution in [0.4, 0.5) is 21.7 Å². The molecule has 2 atom stereocenters. The Morgan fingerprint density at radius 1 is 1.44 bits per heavy atom. The van der Waals surface area contributed by atoms with Crippen LogP contribution in [-0.2, 0) is 4.74 Å². The molecule has 1 saturated heterocycles. The second kappa shape index (κ2) is 4.48. The molecule has 0 aliphatic carbocycles. The highest BCUT2D eigenvalue weighted by atomic mass is 19.4. The fourth-order valence-electron chi connectivity index (χ4n) is 1.96. The fraction of sp³-hybridized carbons (Fsp3) is 1.00. The zero-order valence-electron chi connectivity index (χ0n) is 9.10. The molecular formula is C8H14BF5NO-. The summed E-state index contributed by atoms with van der Waals surface area (Å²) in [5, 5.41) is 0. The molecule has 8 heteroatoms. The van der Waals surface area contributed by atoms with Crippen molar-refractivity contribution in [1.82, 2.24) is 4.90 Å². The summed E-state index contributed by atoms with van der Waals surface area (Å²) in [6.07, 6.45) is -4.53. The summed E-state index contributed by atoms with van der Waals surface area (Å²) in [6, 6.07) is 0. The third-order valence-electron chi connectivity index (χ3n) is 2.45. The van der Waals surface area contributed by atoms with Crippen molar-refractivity contribution in [2.24, 2.45) is 0 Å². The predicted molar refractivity (Wildman–Crippen MR) is 50.5 cm³/mol. The lowest BCUT2D eigenvalue weighted by Crippen LogP contribution is -2.59. The molecule has 1 aliphatic rings. The van der Waals surface area contributed by atoms with E-state index in [0.717, 1.165) is 11.8 Å². The first-order valence-corrected chi connectivity index (χ1v) is 5.02. The largest absolute Gasteiger partial charge is 0.492 e. The van der Waals surface area contributed by atoms with Crippen molar-refractivity contribution in [3.05, 3.63) is 0 Å². The lowest BCUT2D eigenvalue weighted by molar-refractivity contribution is -0.196. The maximum atomic E-state index is 12.7. The van der Waals surface area contributed by atoms with Gasteiger partial charge in [0.2, 0.25) is 0 Å². The Balaban J connectivity index is 2.68. The summed E-state index contributed by atoms with van der Waals surface area (Å²) in [5.41, 5.74) is -1.81. The fourth-order valence-corrected chi connectivity index (χ4v) is 1.96. The van der Waals surface area contributed by atoms with Crippen LogP contribution in [0.5, 0.6) is 0 Å². The number of halogens is 5. The molecule has 96 valence electrons. The summed E-state index contributed by atoms with van der Waals surface area (Å²) in [6.45, 7) is -2.71. The Morgan fingerprint density at radius 2 is 2.00 bits per heavy atom. The number of ether oxygens (including phenoxy) is 1. The van der Waals surface area contributed by atoms with E-state index in [0.29, 0.717) is 0 Å². The highest BCUT2D eigenvalue weighted by molar-refractivity contribution is 6.58. The predicted octanol–water partition coefficient (Wildman–Crippen LogP) is 2.12. The molecule has 0 N–H and O–H groups in total. The van der Waals surface area contributed by atoms with Crippen molar-refractivity contribution in [2.45, 2.75) is 32.0 Å². The summed E-state index contributed by atoms with van der Waals surface area (Å²) < 4.78 is 67.0. The average molecular weight is 246 g/mol. The number of hydrogen-bond acceptors (Lipinski definition) is 2. The van der Waals surface area contributed by atoms with Gasteiger partial charge in [0.05, 0.1) is 6.10 Å². The smallest absolute Gasteiger partial charge is 0.448 e. The van der Waals surface area contributed by atoms with Crippen LogP contribution in [0.25, 0.3) is 0 Å². The lowest BCUT2D eigenvalue weighted by Gasteiger charge is -2.44. The van der Waals surface area contributed by atoms with Gasteiger partial charge in [-0.2, -0.15) is 0 Å². The van der Waals surface area contributed by atoms with Gasteiger partial charge in [-0.25, -0.2) is 8.78 Å². The number of hydrogen-bond donors (Lipinski definition) is 0. The summed E-state index contributed by atoms with van der Waals surface area (Å²) in [4.78, 5) is 0.986. The second-order valence-corrected chi connectivity index (χ2v) is 4.45. The molecule has 2 nitrogen and oxygen atoms in total. The van der Waals surface area contributed by atoms with Gasteiger partial charge in [-0.3, -0.25) is 0 Å². The zero-order valence-corrected chi connectivity index (χ0v) is 9.10. The molecule has 1 aliphatic heterocycles. The number of morpholine rings is 1. The van der Waals surface area contributed by atoms with Crippen LogP contribution >= 0.6 is 0 Å². The van der Waals surface area contributed by atoms with Gasteiger partial charge in [0, 0.05) is 13.1 Å². The third kappa shape index (κ3) is 3.59. The molecule has 1 heterocycles. The molecule has 1 fully saturated rings. The quantitative estimate of drug-likeness (QED) is 0.558. The molecule has 2 unspecified atom stereocenters. The monoisotopic (exact) mass is 246 g/mol. The van der Waals surface area contributed by atoms with Crippen LogP contribution in [0, 0.1) is 0 Å². The molecule has 0 radical (unpaired) electrons. The van der Waals surface area contributed by atoms with Crippen LogP contribution in [0.2, 0.25) is 0 Å². The van der Waals surface area contributed by atoms with Gasteiger partial charge in [0.1, 0.15) is 5.60 Å². The van der Waals surface area contributed by atoms with Crippen molar-refractivity contribution in [3.63, 3.8) is 0 Å². The maximum Gasteiger partial charge on any atom is 0.492 e. The number of nitrogens with zero attached hydrogens (tertiary/aromatic N) is 1. The van der Waals surface area contributed by atoms with Crippen LogP contribution < -0.4 is 0 Å². The first-order chi connectivity index (χ1) is 7.12. The van der Waals surface area contributed by atoms with Crippen molar-refractivity contribution in [1.29, 1.82) is 0 Å². The minimum atomic E-state index is -4.99. The van der Waals surface area contributed by atoms with Crippen molar-refractivity contribution < 1.29 is 26.5 Å². The molecule has 1 rings (SSSR count). The second-order valence-electron chi connectivity index (χ2n) is 4.45. The van der Waals surface area contributed by atoms with Crippen molar-refractivity contribution in [3.8, 4) is 0 Å². The van der Waals surface area contributed by atoms with Crippen molar-refractivity contribution >= 4 is 6.98 Å². The van der Waals surface area contributed by atoms with Gasteiger partial charge in [-0.1, -0.05) is 0 Å². The molecular weight excluding hydrogens is 232 g/mol. The highest BCUT2D eigenvalue weighted by Crippen LogP contribution is 2.28. The number of alkyl halides is 2. The summed E-state index contributed by atoms with van der Waals surface area (Å²) >= 11 is 0. The van der Waals surface area contributed by atoms with E-state index in [9.17, 15) is 21.7 Å². The molecule has 0 aromatic rings. The van der Waals surface area contributed by atoms with Gasteiger partial charge in [0.15, 0.2) is 0 Å². The van der Waals surface area contributed by atoms with E-state index in [1.165, 1.54) is 6.92 Å². The average Bonchev–Trinajstić information content (AvgIpc) is 1.97. The normalized spacial score (nSPS) is 33.4. The third-order valence-corrected chi connectivity index (χ3v) is 2.45. The van der Waals surface area contributed by atoms with Crippen LogP contribution in [0.15, 0.2) is 0 Å². The lowest BCUT2D eigenvalue weighted by atomic mass is 9.89. The van der Waals surface area contributed by atoms with Gasteiger partial charge in [-0.15, -0.1) is 0 Å². The SMILES string of the molecule is CC1CN(C[B-](F)(F)F)CC(C)(C(F)F)O1. The van der Waals surface area contributed by atoms with Crippen LogP contribution in [0.3, 0.4) is 0 Å². The first kappa shape index (κ1) is 13.7. The topological polar surface area (TPSA) is 12.5 Å². The molecule has 0 amide bonds. The molecule has 0 aromatic heterocycles. The molecule has 16 heavy (non-hydrogen) atoms. The van der Waals surface area contributed by atoms with E-state index in [1.54, 1.807) is 0 Å². The van der Waals surface area contributed by atoms with E-state index in [2.05, 4.69) is 0 Å². The highest BCUT2D eigenvalue weighted by Gasteiger charge is 2.44. The Hall–Kier alpha value is -0.365. The van der Waals surface area contributed by atoms with Gasteiger partial charge < -0.3 is 22.6 Å². The van der Waals surface area contributed by atoms with E-state index >= 15 is 0 Å². The van der Waals surface area contributed by atoms with E-state index in [4.69, 9.17) is 4.74 Å². The van der Waals surface area contributed by atoms with E-state index in [1.807, 2.05) is 0 Å². The Labute approximate surface area is 90.8 Å². The van der Waals surface area contributed by atoms with Gasteiger partial charge in [0.25, 0.3) is 6.43 Å². The first-order valence-electron chi connectivity index (χ1n) is 5.02. The van der Waals surface area contributed by atoms with E-state index < -0.39 is 38.1 Å². The zero-order chi connectivity index (χ0) is 12.6. The summed E-state index contributed by atoms with van der Waals surface area (Å²) in [7, 11) is 0. The van der Waals surface area contributed by atoms with Crippen LogP contribution in [0.1, 0.15) is 13.8 Å². The minimum absolute atomic E-state index is 0.0313. The number of rotatable bonds is 3. The Morgan fingerprint density at radius 3 is 2.44 bits per heavy atom. The van der Waals surface area contributed by atoms with Gasteiger partial charge >= 0.3 is 6.98 Å². The molecule has 0 aromatic carbocycles. The van der Waals surface area contributed by atoms with Gasteiger partial charge in [-0.05, 0) is 20.3 Å². The minimum Gasteiger partial charge on any atom is -0.448 e. The standard InChI is InChI=1S/C8H14BF5NO/c1-6-3-15(5-9(12,13)14)4-8(2,16-6)7(10)11/h6-7H,3-5H2,1-2H3/q-1. The molecule has 0 saturated carbocycles. The van der Waals surface area contributed by atoms with Crippen molar-refractivity contribution in [2.75, 3.05) is 19.5 Å². The molecule has 0 bridgehead atoms. The summed E-state index contributed by atoms with van der Waals surface area (Å²) in [5.74, 6) is 0. The Kier molecular flexibility index (Phi) is 3.84. The molecule has 0 spiro atoms. The maximum absolute atomic E-state index is 12.7. The van der Waals surface area contributed by atoms with Crippen LogP contribution in [-0.4, -0.2) is 49.5 Å².